The van der Waals surface area contributed by atoms with Crippen LogP contribution in [0.25, 0.3) is 0 Å². The smallest absolute Gasteiger partial charge is 0.0258 e. The molecule has 0 nitrogen and oxygen atoms in total. The average molecular weight is 148 g/mol. The molecule has 2 unspecified atom stereocenters. The van der Waals surface area contributed by atoms with Crippen molar-refractivity contribution >= 4 is 0 Å². The first-order chi connectivity index (χ1) is 5.36. The van der Waals surface area contributed by atoms with Crippen LogP contribution in [0.3, 0.4) is 0 Å². The van der Waals surface area contributed by atoms with Crippen molar-refractivity contribution in [2.24, 2.45) is 29.1 Å². The molecule has 60 valence electrons. The van der Waals surface area contributed by atoms with Gasteiger partial charge < -0.3 is 0 Å². The van der Waals surface area contributed by atoms with Gasteiger partial charge in [0.2, 0.25) is 0 Å². The molecule has 1 spiro atoms. The SMILES string of the molecule is C1C2C[C@H]3C[C@@H]1CC1(C3)C[C@@H]21. The molecule has 0 aromatic rings. The molecular weight excluding hydrogens is 132 g/mol. The highest BCUT2D eigenvalue weighted by atomic mass is 14.7. The van der Waals surface area contributed by atoms with Gasteiger partial charge in [0.25, 0.3) is 0 Å². The Labute approximate surface area is 68.4 Å². The van der Waals surface area contributed by atoms with Gasteiger partial charge in [-0.05, 0) is 67.6 Å². The summed E-state index contributed by atoms with van der Waals surface area (Å²) in [4.78, 5) is 0. The summed E-state index contributed by atoms with van der Waals surface area (Å²) in [7, 11) is 0. The molecule has 5 rings (SSSR count). The van der Waals surface area contributed by atoms with E-state index < -0.39 is 0 Å². The van der Waals surface area contributed by atoms with Crippen LogP contribution in [0.1, 0.15) is 38.5 Å². The first-order valence-corrected chi connectivity index (χ1v) is 5.36. The fourth-order valence-electron chi connectivity index (χ4n) is 5.03. The van der Waals surface area contributed by atoms with Gasteiger partial charge in [-0.15, -0.1) is 0 Å². The fraction of sp³-hybridized carbons (Fsp3) is 1.00. The van der Waals surface area contributed by atoms with Gasteiger partial charge in [0.05, 0.1) is 0 Å². The van der Waals surface area contributed by atoms with Gasteiger partial charge >= 0.3 is 0 Å². The molecule has 0 radical (unpaired) electrons. The number of hydrogen-bond donors (Lipinski definition) is 0. The van der Waals surface area contributed by atoms with E-state index in [-0.39, 0.29) is 0 Å². The molecule has 0 aromatic carbocycles. The Balaban J connectivity index is 1.83. The van der Waals surface area contributed by atoms with E-state index in [0.29, 0.717) is 0 Å². The lowest BCUT2D eigenvalue weighted by Crippen LogP contribution is -2.39. The quantitative estimate of drug-likeness (QED) is 0.495. The first-order valence-electron chi connectivity index (χ1n) is 5.36. The van der Waals surface area contributed by atoms with Crippen LogP contribution in [0, 0.1) is 29.1 Å². The molecule has 0 heteroatoms. The summed E-state index contributed by atoms with van der Waals surface area (Å²) in [5.74, 6) is 4.81. The molecule has 5 atom stereocenters. The van der Waals surface area contributed by atoms with Gasteiger partial charge in [-0.1, -0.05) is 0 Å². The highest BCUT2D eigenvalue weighted by Gasteiger charge is 2.66. The second-order valence-corrected chi connectivity index (χ2v) is 5.78. The monoisotopic (exact) mass is 148 g/mol. The average Bonchev–Trinajstić information content (AvgIpc) is 2.61. The van der Waals surface area contributed by atoms with Crippen LogP contribution in [-0.2, 0) is 0 Å². The van der Waals surface area contributed by atoms with Crippen molar-refractivity contribution in [3.05, 3.63) is 0 Å². The van der Waals surface area contributed by atoms with Crippen LogP contribution in [0.4, 0.5) is 0 Å². The van der Waals surface area contributed by atoms with Gasteiger partial charge in [-0.2, -0.15) is 0 Å². The maximum atomic E-state index is 1.64. The highest BCUT2D eigenvalue weighted by Crippen LogP contribution is 2.75. The summed E-state index contributed by atoms with van der Waals surface area (Å²) < 4.78 is 0. The summed E-state index contributed by atoms with van der Waals surface area (Å²) in [6.45, 7) is 0. The van der Waals surface area contributed by atoms with E-state index in [1.807, 2.05) is 0 Å². The van der Waals surface area contributed by atoms with E-state index >= 15 is 0 Å². The van der Waals surface area contributed by atoms with E-state index in [1.54, 1.807) is 38.5 Å². The third-order valence-corrected chi connectivity index (χ3v) is 5.15. The van der Waals surface area contributed by atoms with Crippen LogP contribution in [0.5, 0.6) is 0 Å². The minimum Gasteiger partial charge on any atom is -0.0475 e. The number of rotatable bonds is 0. The molecular formula is C11H16. The summed E-state index contributed by atoms with van der Waals surface area (Å²) in [6, 6.07) is 0. The van der Waals surface area contributed by atoms with Crippen LogP contribution < -0.4 is 0 Å². The normalized spacial score (nSPS) is 69.8. The van der Waals surface area contributed by atoms with Crippen molar-refractivity contribution in [3.8, 4) is 0 Å². The number of hydrogen-bond acceptors (Lipinski definition) is 0. The molecule has 0 saturated heterocycles. The van der Waals surface area contributed by atoms with Crippen molar-refractivity contribution in [2.75, 3.05) is 0 Å². The van der Waals surface area contributed by atoms with Crippen molar-refractivity contribution in [3.63, 3.8) is 0 Å². The van der Waals surface area contributed by atoms with E-state index in [4.69, 9.17) is 0 Å². The Kier molecular flexibility index (Phi) is 0.717. The topological polar surface area (TPSA) is 0 Å². The van der Waals surface area contributed by atoms with Crippen LogP contribution in [0.2, 0.25) is 0 Å². The minimum atomic E-state index is 0.967. The van der Waals surface area contributed by atoms with Crippen molar-refractivity contribution in [2.45, 2.75) is 38.5 Å². The summed E-state index contributed by atoms with van der Waals surface area (Å²) in [5, 5.41) is 0. The largest absolute Gasteiger partial charge is 0.0475 e. The second-order valence-electron chi connectivity index (χ2n) is 5.78. The predicted octanol–water partition coefficient (Wildman–Crippen LogP) is 2.83. The molecule has 0 heterocycles. The lowest BCUT2D eigenvalue weighted by Gasteiger charge is -2.49. The van der Waals surface area contributed by atoms with Crippen molar-refractivity contribution in [1.82, 2.24) is 0 Å². The molecule has 5 aliphatic rings. The Morgan fingerprint density at radius 3 is 2.18 bits per heavy atom. The summed E-state index contributed by atoms with van der Waals surface area (Å²) >= 11 is 0. The standard InChI is InChI=1S/C11H16/c1-7-2-9-3-8(1)5-11(4-7)6-10(9)11/h7-10H,1-6H2/t7-,8+,9?,10-,11?/m0/s1. The van der Waals surface area contributed by atoms with Gasteiger partial charge in [0.15, 0.2) is 0 Å². The van der Waals surface area contributed by atoms with Crippen molar-refractivity contribution < 1.29 is 0 Å². The minimum absolute atomic E-state index is 0.967. The van der Waals surface area contributed by atoms with E-state index in [9.17, 15) is 0 Å². The Bertz CT molecular complexity index is 204. The van der Waals surface area contributed by atoms with Gasteiger partial charge in [0, 0.05) is 0 Å². The van der Waals surface area contributed by atoms with E-state index in [1.165, 1.54) is 23.7 Å². The third kappa shape index (κ3) is 0.522. The molecule has 0 N–H and O–H groups in total. The summed E-state index contributed by atoms with van der Waals surface area (Å²) in [5.41, 5.74) is 0.967. The Hall–Kier alpha value is 0. The molecule has 5 aliphatic carbocycles. The lowest BCUT2D eigenvalue weighted by atomic mass is 9.56. The Morgan fingerprint density at radius 1 is 0.818 bits per heavy atom. The molecule has 0 aliphatic heterocycles. The Morgan fingerprint density at radius 2 is 1.55 bits per heavy atom. The molecule has 0 amide bonds. The van der Waals surface area contributed by atoms with E-state index in [0.717, 1.165) is 5.41 Å². The zero-order valence-corrected chi connectivity index (χ0v) is 7.05. The molecule has 5 saturated carbocycles. The maximum Gasteiger partial charge on any atom is -0.0258 e. The molecule has 5 fully saturated rings. The van der Waals surface area contributed by atoms with Gasteiger partial charge in [-0.3, -0.25) is 0 Å². The molecule has 4 bridgehead atoms. The lowest BCUT2D eigenvalue weighted by molar-refractivity contribution is 0.0117. The third-order valence-electron chi connectivity index (χ3n) is 5.15. The second kappa shape index (κ2) is 1.41. The first kappa shape index (κ1) is 5.61. The zero-order valence-electron chi connectivity index (χ0n) is 7.05. The molecule has 0 aromatic heterocycles. The zero-order chi connectivity index (χ0) is 7.05. The molecule has 11 heavy (non-hydrogen) atoms. The van der Waals surface area contributed by atoms with Gasteiger partial charge in [0.1, 0.15) is 0 Å². The summed E-state index contributed by atoms with van der Waals surface area (Å²) in [6.07, 6.45) is 9.80. The van der Waals surface area contributed by atoms with Crippen LogP contribution >= 0.6 is 0 Å². The van der Waals surface area contributed by atoms with Crippen LogP contribution in [-0.4, -0.2) is 0 Å². The van der Waals surface area contributed by atoms with Crippen molar-refractivity contribution in [1.29, 1.82) is 0 Å². The van der Waals surface area contributed by atoms with E-state index in [2.05, 4.69) is 0 Å². The van der Waals surface area contributed by atoms with Crippen LogP contribution in [0.15, 0.2) is 0 Å². The van der Waals surface area contributed by atoms with Gasteiger partial charge in [-0.25, -0.2) is 0 Å². The fourth-order valence-corrected chi connectivity index (χ4v) is 5.03. The highest BCUT2D eigenvalue weighted by molar-refractivity contribution is 5.15. The predicted molar refractivity (Wildman–Crippen MR) is 44.1 cm³/mol. The maximum absolute atomic E-state index is 1.64.